The number of rotatable bonds is 3. The molecule has 0 heterocycles. The molecule has 6 heteroatoms. The zero-order valence-corrected chi connectivity index (χ0v) is 19.0. The fourth-order valence-electron chi connectivity index (χ4n) is 5.07. The van der Waals surface area contributed by atoms with E-state index in [1.165, 1.54) is 0 Å². The molecule has 6 nitrogen and oxygen atoms in total. The zero-order chi connectivity index (χ0) is 23.5. The Morgan fingerprint density at radius 2 is 1.87 bits per heavy atom. The zero-order valence-electron chi connectivity index (χ0n) is 19.0. The molecule has 0 amide bonds. The van der Waals surface area contributed by atoms with E-state index in [1.807, 2.05) is 13.8 Å². The highest BCUT2D eigenvalue weighted by Gasteiger charge is 2.70. The number of aliphatic hydroxyl groups is 3. The Kier molecular flexibility index (Phi) is 5.58. The van der Waals surface area contributed by atoms with Crippen molar-refractivity contribution in [3.8, 4) is 0 Å². The number of hydrogen-bond acceptors (Lipinski definition) is 6. The maximum atomic E-state index is 14.0. The van der Waals surface area contributed by atoms with Crippen molar-refractivity contribution in [1.82, 2.24) is 0 Å². The average molecular weight is 429 g/mol. The molecule has 0 aromatic heterocycles. The van der Waals surface area contributed by atoms with Gasteiger partial charge in [-0.2, -0.15) is 0 Å². The lowest BCUT2D eigenvalue weighted by atomic mass is 9.61. The van der Waals surface area contributed by atoms with Crippen LogP contribution in [-0.2, 0) is 14.3 Å². The van der Waals surface area contributed by atoms with E-state index in [9.17, 15) is 24.9 Å². The van der Waals surface area contributed by atoms with Crippen molar-refractivity contribution in [1.29, 1.82) is 0 Å². The van der Waals surface area contributed by atoms with Crippen molar-refractivity contribution in [2.24, 2.45) is 16.7 Å². The van der Waals surface area contributed by atoms with E-state index in [0.29, 0.717) is 22.3 Å². The molecule has 5 atom stereocenters. The smallest absolute Gasteiger partial charge is 0.333 e. The van der Waals surface area contributed by atoms with Gasteiger partial charge in [-0.3, -0.25) is 4.79 Å². The SMILES string of the molecule is C=C1C=C(C)[C@]23C=C(C)[C@H](O)[C@@]2(O)[C@H](O)C(COC(=O)/C(C)=C\C)=C[C@@H](C3=O)C1(C)C. The van der Waals surface area contributed by atoms with Crippen LogP contribution in [0.15, 0.2) is 58.7 Å². The number of ketones is 1. The molecule has 3 N–H and O–H groups in total. The van der Waals surface area contributed by atoms with Crippen LogP contribution in [0.5, 0.6) is 0 Å². The number of Topliss-reactive ketones (excluding diaryl/α,β-unsaturated/α-hetero) is 1. The molecule has 0 aliphatic heterocycles. The Labute approximate surface area is 183 Å². The minimum absolute atomic E-state index is 0.178. The first-order valence-corrected chi connectivity index (χ1v) is 10.5. The monoisotopic (exact) mass is 428 g/mol. The predicted molar refractivity (Wildman–Crippen MR) is 117 cm³/mol. The van der Waals surface area contributed by atoms with Crippen LogP contribution in [0.1, 0.15) is 41.5 Å². The molecule has 0 fully saturated rings. The van der Waals surface area contributed by atoms with Crippen molar-refractivity contribution in [2.45, 2.75) is 59.4 Å². The third-order valence-corrected chi connectivity index (χ3v) is 7.49. The summed E-state index contributed by atoms with van der Waals surface area (Å²) in [6.07, 6.45) is 3.43. The lowest BCUT2D eigenvalue weighted by Crippen LogP contribution is -2.63. The molecule has 3 aliphatic carbocycles. The van der Waals surface area contributed by atoms with Crippen molar-refractivity contribution >= 4 is 11.8 Å². The maximum Gasteiger partial charge on any atom is 0.333 e. The lowest BCUT2D eigenvalue weighted by Gasteiger charge is -2.45. The molecule has 31 heavy (non-hydrogen) atoms. The Morgan fingerprint density at radius 1 is 1.26 bits per heavy atom. The van der Waals surface area contributed by atoms with Gasteiger partial charge >= 0.3 is 5.97 Å². The molecule has 0 aromatic carbocycles. The van der Waals surface area contributed by atoms with E-state index in [1.54, 1.807) is 52.0 Å². The second kappa shape index (κ2) is 7.40. The lowest BCUT2D eigenvalue weighted by molar-refractivity contribution is -0.173. The summed E-state index contributed by atoms with van der Waals surface area (Å²) in [6, 6.07) is 0. The molecule has 0 saturated heterocycles. The van der Waals surface area contributed by atoms with E-state index in [2.05, 4.69) is 6.58 Å². The largest absolute Gasteiger partial charge is 0.458 e. The molecule has 0 aromatic rings. The minimum Gasteiger partial charge on any atom is -0.458 e. The topological polar surface area (TPSA) is 104 Å². The summed E-state index contributed by atoms with van der Waals surface area (Å²) in [6.45, 7) is 14.2. The highest BCUT2D eigenvalue weighted by atomic mass is 16.5. The highest BCUT2D eigenvalue weighted by molar-refractivity contribution is 5.98. The first-order chi connectivity index (χ1) is 14.3. The molecule has 1 spiro atoms. The Morgan fingerprint density at radius 3 is 2.45 bits per heavy atom. The first-order valence-electron chi connectivity index (χ1n) is 10.5. The van der Waals surface area contributed by atoms with Crippen LogP contribution >= 0.6 is 0 Å². The fraction of sp³-hybridized carbons (Fsp3) is 0.520. The van der Waals surface area contributed by atoms with Gasteiger partial charge < -0.3 is 20.1 Å². The van der Waals surface area contributed by atoms with Crippen LogP contribution in [0.3, 0.4) is 0 Å². The number of esters is 1. The van der Waals surface area contributed by atoms with Gasteiger partial charge in [0.25, 0.3) is 0 Å². The van der Waals surface area contributed by atoms with E-state index in [-0.39, 0.29) is 18.0 Å². The Balaban J connectivity index is 2.24. The van der Waals surface area contributed by atoms with Crippen LogP contribution in [0.2, 0.25) is 0 Å². The summed E-state index contributed by atoms with van der Waals surface area (Å²) in [7, 11) is 0. The molecule has 0 unspecified atom stereocenters. The van der Waals surface area contributed by atoms with Crippen LogP contribution in [0, 0.1) is 16.7 Å². The molecule has 0 saturated carbocycles. The third-order valence-electron chi connectivity index (χ3n) is 7.49. The number of ether oxygens (including phenoxy) is 1. The summed E-state index contributed by atoms with van der Waals surface area (Å²) in [5.74, 6) is -1.65. The fourth-order valence-corrected chi connectivity index (χ4v) is 5.07. The summed E-state index contributed by atoms with van der Waals surface area (Å²) in [4.78, 5) is 26.2. The van der Waals surface area contributed by atoms with Crippen LogP contribution in [0.4, 0.5) is 0 Å². The summed E-state index contributed by atoms with van der Waals surface area (Å²) in [5, 5.41) is 34.2. The number of aliphatic hydroxyl groups excluding tert-OH is 2. The van der Waals surface area contributed by atoms with Gasteiger partial charge in [0, 0.05) is 16.9 Å². The number of allylic oxidation sites excluding steroid dienone is 4. The number of carbonyl (C=O) groups excluding carboxylic acids is 2. The first kappa shape index (κ1) is 23.4. The van der Waals surface area contributed by atoms with Crippen molar-refractivity contribution in [3.63, 3.8) is 0 Å². The number of hydrogen-bond donors (Lipinski definition) is 3. The van der Waals surface area contributed by atoms with E-state index in [4.69, 9.17) is 4.74 Å². The van der Waals surface area contributed by atoms with Crippen molar-refractivity contribution in [2.75, 3.05) is 6.61 Å². The Hall–Kier alpha value is -2.28. The van der Waals surface area contributed by atoms with Gasteiger partial charge in [-0.1, -0.05) is 50.3 Å². The van der Waals surface area contributed by atoms with E-state index >= 15 is 0 Å². The standard InChI is InChI=1S/C25H32O6/c1-8-13(2)22(29)31-12-17-10-18-21(28)24(16(5)9-15(4)23(18,6)7)11-14(3)19(26)25(24,30)20(17)27/h8-11,18-20,26-27,30H,4,12H2,1-3,5-7H3/b13-8-/t18-,19-,20+,24-,25+/m0/s1. The van der Waals surface area contributed by atoms with Gasteiger partial charge in [0.15, 0.2) is 5.78 Å². The third kappa shape index (κ3) is 2.96. The number of carbonyl (C=O) groups is 2. The minimum atomic E-state index is -2.24. The second-order valence-electron chi connectivity index (χ2n) is 9.53. The van der Waals surface area contributed by atoms with Crippen molar-refractivity contribution in [3.05, 3.63) is 58.7 Å². The molecular formula is C25H32O6. The number of fused-ring (bicyclic) bond motifs is 1. The normalized spacial score (nSPS) is 37.3. The average Bonchev–Trinajstić information content (AvgIpc) is 2.86. The molecule has 3 aliphatic rings. The highest BCUT2D eigenvalue weighted by Crippen LogP contribution is 2.60. The van der Waals surface area contributed by atoms with Gasteiger partial charge in [0.2, 0.25) is 0 Å². The molecular weight excluding hydrogens is 396 g/mol. The van der Waals surface area contributed by atoms with Crippen LogP contribution in [-0.4, -0.2) is 51.5 Å². The van der Waals surface area contributed by atoms with Gasteiger partial charge in [-0.25, -0.2) is 4.79 Å². The van der Waals surface area contributed by atoms with E-state index in [0.717, 1.165) is 0 Å². The van der Waals surface area contributed by atoms with Gasteiger partial charge in [0.05, 0.1) is 0 Å². The molecule has 3 rings (SSSR count). The van der Waals surface area contributed by atoms with Crippen LogP contribution < -0.4 is 0 Å². The predicted octanol–water partition coefficient (Wildman–Crippen LogP) is 2.56. The Bertz CT molecular complexity index is 978. The quantitative estimate of drug-likeness (QED) is 0.363. The van der Waals surface area contributed by atoms with E-state index < -0.39 is 40.5 Å². The summed E-state index contributed by atoms with van der Waals surface area (Å²) in [5.41, 5.74) is -2.41. The molecule has 168 valence electrons. The molecule has 2 bridgehead atoms. The van der Waals surface area contributed by atoms with Crippen molar-refractivity contribution < 1.29 is 29.6 Å². The second-order valence-corrected chi connectivity index (χ2v) is 9.53. The van der Waals surface area contributed by atoms with Gasteiger partial charge in [0.1, 0.15) is 29.8 Å². The summed E-state index contributed by atoms with van der Waals surface area (Å²) >= 11 is 0. The van der Waals surface area contributed by atoms with Gasteiger partial charge in [-0.05, 0) is 44.4 Å². The molecule has 0 radical (unpaired) electrons. The maximum absolute atomic E-state index is 14.0. The summed E-state index contributed by atoms with van der Waals surface area (Å²) < 4.78 is 5.36. The van der Waals surface area contributed by atoms with Gasteiger partial charge in [-0.15, -0.1) is 0 Å². The van der Waals surface area contributed by atoms with Crippen LogP contribution in [0.25, 0.3) is 0 Å².